The van der Waals surface area contributed by atoms with E-state index in [1.54, 1.807) is 0 Å². The van der Waals surface area contributed by atoms with Gasteiger partial charge in [0.25, 0.3) is 5.56 Å². The fourth-order valence-corrected chi connectivity index (χ4v) is 2.69. The summed E-state index contributed by atoms with van der Waals surface area (Å²) in [4.78, 5) is 29.0. The Hall–Kier alpha value is -2.44. The second kappa shape index (κ2) is 8.06. The summed E-state index contributed by atoms with van der Waals surface area (Å²) in [5, 5.41) is -0.534. The van der Waals surface area contributed by atoms with Crippen molar-refractivity contribution in [2.75, 3.05) is 12.3 Å². The van der Waals surface area contributed by atoms with Gasteiger partial charge in [-0.1, -0.05) is 11.8 Å². The Morgan fingerprint density at radius 2 is 1.96 bits per heavy atom. The van der Waals surface area contributed by atoms with Crippen molar-refractivity contribution in [2.45, 2.75) is 24.1 Å². The number of amides is 1. The molecule has 0 aliphatic rings. The Morgan fingerprint density at radius 3 is 2.52 bits per heavy atom. The van der Waals surface area contributed by atoms with Gasteiger partial charge in [-0.25, -0.2) is 4.98 Å². The van der Waals surface area contributed by atoms with Gasteiger partial charge < -0.3 is 14.3 Å². The van der Waals surface area contributed by atoms with Crippen molar-refractivity contribution < 1.29 is 35.6 Å². The van der Waals surface area contributed by atoms with E-state index in [1.807, 2.05) is 4.98 Å². The van der Waals surface area contributed by atoms with Gasteiger partial charge in [-0.3, -0.25) is 9.59 Å². The third kappa shape index (κ3) is 6.66. The number of rotatable bonds is 6. The first kappa shape index (κ1) is 20.9. The molecule has 0 aliphatic heterocycles. The number of H-pyrrole nitrogens is 1. The second-order valence-electron chi connectivity index (χ2n) is 5.17. The number of hydrogen-bond donors (Lipinski definition) is 1. The summed E-state index contributed by atoms with van der Waals surface area (Å²) in [5.41, 5.74) is -2.57. The molecule has 0 unspecified atom stereocenters. The predicted octanol–water partition coefficient (Wildman–Crippen LogP) is 3.06. The maximum Gasteiger partial charge on any atom is 0.433 e. The molecule has 2 aromatic heterocycles. The van der Waals surface area contributed by atoms with Gasteiger partial charge in [-0.2, -0.15) is 26.3 Å². The number of halogens is 6. The number of carbonyl (C=O) groups is 1. The Kier molecular flexibility index (Phi) is 6.23. The van der Waals surface area contributed by atoms with Crippen molar-refractivity contribution in [3.63, 3.8) is 0 Å². The van der Waals surface area contributed by atoms with Gasteiger partial charge in [0.2, 0.25) is 5.91 Å². The van der Waals surface area contributed by atoms with Crippen molar-refractivity contribution in [2.24, 2.45) is 0 Å². The highest BCUT2D eigenvalue weighted by molar-refractivity contribution is 7.99. The van der Waals surface area contributed by atoms with Crippen LogP contribution in [0, 0.1) is 0 Å². The van der Waals surface area contributed by atoms with Crippen molar-refractivity contribution in [3.8, 4) is 0 Å². The van der Waals surface area contributed by atoms with Crippen LogP contribution in [-0.4, -0.2) is 39.2 Å². The largest absolute Gasteiger partial charge is 0.467 e. The monoisotopic (exact) mass is 415 g/mol. The third-order valence-corrected chi connectivity index (χ3v) is 3.85. The Bertz CT molecular complexity index is 832. The lowest BCUT2D eigenvalue weighted by Crippen LogP contribution is -2.39. The zero-order valence-electron chi connectivity index (χ0n) is 13.2. The molecular weight excluding hydrogens is 404 g/mol. The fourth-order valence-electron chi connectivity index (χ4n) is 1.91. The molecule has 0 aromatic carbocycles. The molecule has 6 nitrogen and oxygen atoms in total. The van der Waals surface area contributed by atoms with Crippen LogP contribution in [0.25, 0.3) is 0 Å². The summed E-state index contributed by atoms with van der Waals surface area (Å²) in [6, 6.07) is 3.03. The summed E-state index contributed by atoms with van der Waals surface area (Å²) >= 11 is 0.384. The molecule has 0 atom stereocenters. The van der Waals surface area contributed by atoms with E-state index >= 15 is 0 Å². The lowest BCUT2D eigenvalue weighted by molar-refractivity contribution is -0.161. The minimum atomic E-state index is -4.88. The molecule has 0 fully saturated rings. The number of nitrogens with zero attached hydrogens (tertiary/aromatic N) is 2. The minimum absolute atomic E-state index is 0.100. The molecule has 13 heteroatoms. The number of alkyl halides is 6. The summed E-state index contributed by atoms with van der Waals surface area (Å²) in [6.07, 6.45) is -8.34. The standard InChI is InChI=1S/C14H11F6N3O3S/c15-13(16,17)7-23(5-8-2-1-3-26-8)11(25)6-27-12-21-9(14(18,19)20)4-10(24)22-12/h1-4H,5-7H2,(H,21,22,24). The topological polar surface area (TPSA) is 79.2 Å². The van der Waals surface area contributed by atoms with Crippen LogP contribution in [0.2, 0.25) is 0 Å². The van der Waals surface area contributed by atoms with E-state index in [-0.39, 0.29) is 11.8 Å². The summed E-state index contributed by atoms with van der Waals surface area (Å²) < 4.78 is 80.9. The molecule has 2 heterocycles. The maximum absolute atomic E-state index is 12.7. The number of hydrogen-bond acceptors (Lipinski definition) is 5. The normalized spacial score (nSPS) is 12.2. The zero-order valence-corrected chi connectivity index (χ0v) is 14.0. The van der Waals surface area contributed by atoms with Crippen LogP contribution in [-0.2, 0) is 17.5 Å². The summed E-state index contributed by atoms with van der Waals surface area (Å²) in [5.74, 6) is -1.59. The first-order valence-electron chi connectivity index (χ1n) is 7.12. The van der Waals surface area contributed by atoms with E-state index in [2.05, 4.69) is 4.98 Å². The zero-order chi connectivity index (χ0) is 20.2. The molecule has 148 valence electrons. The molecule has 2 aromatic rings. The molecule has 2 rings (SSSR count). The van der Waals surface area contributed by atoms with E-state index in [9.17, 15) is 35.9 Å². The molecule has 0 saturated carbocycles. The highest BCUT2D eigenvalue weighted by Gasteiger charge is 2.35. The van der Waals surface area contributed by atoms with Crippen molar-refractivity contribution in [1.29, 1.82) is 0 Å². The van der Waals surface area contributed by atoms with E-state index in [1.165, 1.54) is 18.4 Å². The van der Waals surface area contributed by atoms with Crippen LogP contribution < -0.4 is 5.56 Å². The SMILES string of the molecule is O=C(CSc1nc(C(F)(F)F)cc(=O)[nH]1)N(Cc1ccco1)CC(F)(F)F. The average Bonchev–Trinajstić information content (AvgIpc) is 3.02. The van der Waals surface area contributed by atoms with Gasteiger partial charge in [-0.15, -0.1) is 0 Å². The van der Waals surface area contributed by atoms with Crippen molar-refractivity contribution in [1.82, 2.24) is 14.9 Å². The van der Waals surface area contributed by atoms with E-state index < -0.39 is 53.5 Å². The molecule has 0 radical (unpaired) electrons. The molecule has 1 amide bonds. The predicted molar refractivity (Wildman–Crippen MR) is 80.8 cm³/mol. The van der Waals surface area contributed by atoms with Gasteiger partial charge in [0, 0.05) is 6.07 Å². The Balaban J connectivity index is 2.11. The number of aromatic nitrogens is 2. The van der Waals surface area contributed by atoms with E-state index in [0.717, 1.165) is 0 Å². The maximum atomic E-state index is 12.7. The van der Waals surface area contributed by atoms with Gasteiger partial charge in [0.15, 0.2) is 10.9 Å². The Morgan fingerprint density at radius 1 is 1.26 bits per heavy atom. The molecule has 1 N–H and O–H groups in total. The van der Waals surface area contributed by atoms with Crippen LogP contribution in [0.5, 0.6) is 0 Å². The van der Waals surface area contributed by atoms with Gasteiger partial charge in [0.05, 0.1) is 18.6 Å². The fraction of sp³-hybridized carbons (Fsp3) is 0.357. The van der Waals surface area contributed by atoms with Crippen LogP contribution in [0.15, 0.2) is 38.8 Å². The number of thioether (sulfide) groups is 1. The van der Waals surface area contributed by atoms with Crippen LogP contribution >= 0.6 is 11.8 Å². The van der Waals surface area contributed by atoms with Gasteiger partial charge >= 0.3 is 12.4 Å². The van der Waals surface area contributed by atoms with E-state index in [4.69, 9.17) is 4.42 Å². The van der Waals surface area contributed by atoms with Crippen molar-refractivity contribution in [3.05, 3.63) is 46.3 Å². The minimum Gasteiger partial charge on any atom is -0.467 e. The van der Waals surface area contributed by atoms with Crippen molar-refractivity contribution >= 4 is 17.7 Å². The molecule has 0 bridgehead atoms. The number of furan rings is 1. The molecule has 0 spiro atoms. The number of carbonyl (C=O) groups excluding carboxylic acids is 1. The molecular formula is C14H11F6N3O3S. The van der Waals surface area contributed by atoms with Gasteiger partial charge in [-0.05, 0) is 12.1 Å². The highest BCUT2D eigenvalue weighted by atomic mass is 32.2. The lowest BCUT2D eigenvalue weighted by Gasteiger charge is -2.22. The van der Waals surface area contributed by atoms with Crippen LogP contribution in [0.3, 0.4) is 0 Å². The molecule has 0 saturated heterocycles. The third-order valence-electron chi connectivity index (χ3n) is 2.99. The lowest BCUT2D eigenvalue weighted by atomic mass is 10.3. The first-order valence-corrected chi connectivity index (χ1v) is 8.11. The summed E-state index contributed by atoms with van der Waals surface area (Å²) in [6.45, 7) is -2.04. The summed E-state index contributed by atoms with van der Waals surface area (Å²) in [7, 11) is 0. The van der Waals surface area contributed by atoms with Gasteiger partial charge in [0.1, 0.15) is 12.3 Å². The highest BCUT2D eigenvalue weighted by Crippen LogP contribution is 2.27. The van der Waals surface area contributed by atoms with Crippen LogP contribution in [0.1, 0.15) is 11.5 Å². The molecule has 27 heavy (non-hydrogen) atoms. The number of aromatic amines is 1. The van der Waals surface area contributed by atoms with E-state index in [0.29, 0.717) is 16.7 Å². The quantitative estimate of drug-likeness (QED) is 0.446. The number of nitrogens with one attached hydrogen (secondary N) is 1. The second-order valence-corrected chi connectivity index (χ2v) is 6.13. The Labute approximate surface area is 151 Å². The first-order chi connectivity index (χ1) is 12.4. The van der Waals surface area contributed by atoms with Crippen LogP contribution in [0.4, 0.5) is 26.3 Å². The smallest absolute Gasteiger partial charge is 0.433 e. The molecule has 0 aliphatic carbocycles. The average molecular weight is 415 g/mol.